The SMILES string of the molecule is O=C1CCC2(CNC(=O)N2)C1. The summed E-state index contributed by atoms with van der Waals surface area (Å²) >= 11 is 0. The molecule has 60 valence electrons. The topological polar surface area (TPSA) is 58.2 Å². The Bertz CT molecular complexity index is 200. The lowest BCUT2D eigenvalue weighted by atomic mass is 10.00. The van der Waals surface area contributed by atoms with E-state index in [4.69, 9.17) is 0 Å². The lowest BCUT2D eigenvalue weighted by Gasteiger charge is -2.18. The number of carbonyl (C=O) groups is 2. The third-order valence-corrected chi connectivity index (χ3v) is 2.38. The number of hydrogen-bond acceptors (Lipinski definition) is 2. The van der Waals surface area contributed by atoms with Gasteiger partial charge in [0.25, 0.3) is 0 Å². The van der Waals surface area contributed by atoms with Crippen LogP contribution in [0.15, 0.2) is 0 Å². The second kappa shape index (κ2) is 1.96. The van der Waals surface area contributed by atoms with E-state index < -0.39 is 0 Å². The summed E-state index contributed by atoms with van der Waals surface area (Å²) in [6.45, 7) is 0.609. The average Bonchev–Trinajstić information content (AvgIpc) is 2.44. The Morgan fingerprint density at radius 3 is 2.64 bits per heavy atom. The fourth-order valence-corrected chi connectivity index (χ4v) is 1.77. The zero-order valence-corrected chi connectivity index (χ0v) is 6.14. The van der Waals surface area contributed by atoms with Gasteiger partial charge in [0.15, 0.2) is 0 Å². The van der Waals surface area contributed by atoms with Crippen LogP contribution in [0.3, 0.4) is 0 Å². The zero-order chi connectivity index (χ0) is 7.90. The highest BCUT2D eigenvalue weighted by Crippen LogP contribution is 2.28. The maximum Gasteiger partial charge on any atom is 0.315 e. The van der Waals surface area contributed by atoms with E-state index in [-0.39, 0.29) is 17.4 Å². The molecule has 1 aliphatic heterocycles. The van der Waals surface area contributed by atoms with Crippen molar-refractivity contribution in [2.45, 2.75) is 24.8 Å². The van der Waals surface area contributed by atoms with Crippen molar-refractivity contribution in [1.82, 2.24) is 10.6 Å². The van der Waals surface area contributed by atoms with Crippen LogP contribution in [0.2, 0.25) is 0 Å². The van der Waals surface area contributed by atoms with Crippen molar-refractivity contribution < 1.29 is 9.59 Å². The molecule has 1 saturated carbocycles. The number of carbonyl (C=O) groups excluding carboxylic acids is 2. The fourth-order valence-electron chi connectivity index (χ4n) is 1.77. The van der Waals surface area contributed by atoms with Crippen molar-refractivity contribution in [3.63, 3.8) is 0 Å². The minimum Gasteiger partial charge on any atom is -0.336 e. The Balaban J connectivity index is 2.13. The molecule has 2 N–H and O–H groups in total. The van der Waals surface area contributed by atoms with E-state index >= 15 is 0 Å². The van der Waals surface area contributed by atoms with Crippen molar-refractivity contribution >= 4 is 11.8 Å². The number of Topliss-reactive ketones (excluding diaryl/α,β-unsaturated/α-hetero) is 1. The summed E-state index contributed by atoms with van der Waals surface area (Å²) in [6, 6.07) is -0.139. The Morgan fingerprint density at radius 2 is 2.18 bits per heavy atom. The standard InChI is InChI=1S/C7H10N2O2/c10-5-1-2-7(3-5)4-8-6(11)9-7/h1-4H2,(H2,8,9,11). The molecule has 0 aromatic carbocycles. The minimum atomic E-state index is -0.228. The normalized spacial score (nSPS) is 36.0. The van der Waals surface area contributed by atoms with Gasteiger partial charge in [0, 0.05) is 19.4 Å². The first-order valence-corrected chi connectivity index (χ1v) is 3.78. The largest absolute Gasteiger partial charge is 0.336 e. The third-order valence-electron chi connectivity index (χ3n) is 2.38. The van der Waals surface area contributed by atoms with Crippen LogP contribution in [0.1, 0.15) is 19.3 Å². The molecule has 2 amide bonds. The predicted octanol–water partition coefficient (Wildman–Crippen LogP) is -0.209. The number of rotatable bonds is 0. The van der Waals surface area contributed by atoms with Gasteiger partial charge in [-0.15, -0.1) is 0 Å². The van der Waals surface area contributed by atoms with Gasteiger partial charge < -0.3 is 10.6 Å². The summed E-state index contributed by atoms with van der Waals surface area (Å²) in [5, 5.41) is 5.46. The summed E-state index contributed by atoms with van der Waals surface area (Å²) in [7, 11) is 0. The highest BCUT2D eigenvalue weighted by Gasteiger charge is 2.43. The van der Waals surface area contributed by atoms with E-state index in [1.165, 1.54) is 0 Å². The molecule has 11 heavy (non-hydrogen) atoms. The van der Waals surface area contributed by atoms with Crippen molar-refractivity contribution in [3.05, 3.63) is 0 Å². The first kappa shape index (κ1) is 6.64. The van der Waals surface area contributed by atoms with Crippen LogP contribution in [0.5, 0.6) is 0 Å². The Hall–Kier alpha value is -1.06. The number of amides is 2. The van der Waals surface area contributed by atoms with E-state index in [9.17, 15) is 9.59 Å². The van der Waals surface area contributed by atoms with Crippen LogP contribution in [-0.4, -0.2) is 23.9 Å². The number of hydrogen-bond donors (Lipinski definition) is 2. The predicted molar refractivity (Wildman–Crippen MR) is 38.1 cm³/mol. The van der Waals surface area contributed by atoms with Gasteiger partial charge in [0.2, 0.25) is 0 Å². The molecule has 4 heteroatoms. The first-order valence-electron chi connectivity index (χ1n) is 3.78. The third kappa shape index (κ3) is 0.982. The molecular formula is C7H10N2O2. The van der Waals surface area contributed by atoms with Gasteiger partial charge in [0.1, 0.15) is 5.78 Å². The highest BCUT2D eigenvalue weighted by atomic mass is 16.2. The molecule has 4 nitrogen and oxygen atoms in total. The van der Waals surface area contributed by atoms with E-state index in [1.807, 2.05) is 0 Å². The van der Waals surface area contributed by atoms with Crippen LogP contribution in [-0.2, 0) is 4.79 Å². The Kier molecular flexibility index (Phi) is 1.19. The van der Waals surface area contributed by atoms with Crippen molar-refractivity contribution in [2.24, 2.45) is 0 Å². The molecule has 1 atom stereocenters. The second-order valence-corrected chi connectivity index (χ2v) is 3.30. The molecule has 2 fully saturated rings. The summed E-state index contributed by atoms with van der Waals surface area (Å²) in [6.07, 6.45) is 1.91. The summed E-state index contributed by atoms with van der Waals surface area (Å²) in [5.74, 6) is 0.258. The van der Waals surface area contributed by atoms with Crippen LogP contribution in [0.4, 0.5) is 4.79 Å². The molecule has 2 rings (SSSR count). The molecule has 1 aliphatic carbocycles. The minimum absolute atomic E-state index is 0.139. The van der Waals surface area contributed by atoms with Gasteiger partial charge in [-0.25, -0.2) is 4.79 Å². The van der Waals surface area contributed by atoms with Gasteiger partial charge in [0.05, 0.1) is 5.54 Å². The smallest absolute Gasteiger partial charge is 0.315 e. The molecular weight excluding hydrogens is 144 g/mol. The Labute approximate surface area is 64.3 Å². The number of ketones is 1. The summed E-state index contributed by atoms with van der Waals surface area (Å²) in [5.41, 5.74) is -0.228. The first-order chi connectivity index (χ1) is 5.20. The van der Waals surface area contributed by atoms with Gasteiger partial charge in [-0.3, -0.25) is 4.79 Å². The molecule has 1 saturated heterocycles. The number of urea groups is 1. The molecule has 0 radical (unpaired) electrons. The van der Waals surface area contributed by atoms with E-state index in [1.54, 1.807) is 0 Å². The van der Waals surface area contributed by atoms with Gasteiger partial charge >= 0.3 is 6.03 Å². The lowest BCUT2D eigenvalue weighted by Crippen LogP contribution is -2.40. The molecule has 0 bridgehead atoms. The van der Waals surface area contributed by atoms with Crippen molar-refractivity contribution in [3.8, 4) is 0 Å². The van der Waals surface area contributed by atoms with Crippen LogP contribution in [0, 0.1) is 0 Å². The van der Waals surface area contributed by atoms with Crippen molar-refractivity contribution in [1.29, 1.82) is 0 Å². The molecule has 2 aliphatic rings. The van der Waals surface area contributed by atoms with Crippen LogP contribution >= 0.6 is 0 Å². The average molecular weight is 154 g/mol. The molecule has 0 aromatic rings. The van der Waals surface area contributed by atoms with E-state index in [0.29, 0.717) is 19.4 Å². The second-order valence-electron chi connectivity index (χ2n) is 3.30. The monoisotopic (exact) mass is 154 g/mol. The van der Waals surface area contributed by atoms with Crippen LogP contribution < -0.4 is 10.6 Å². The highest BCUT2D eigenvalue weighted by molar-refractivity contribution is 5.86. The van der Waals surface area contributed by atoms with Gasteiger partial charge in [-0.2, -0.15) is 0 Å². The molecule has 1 spiro atoms. The molecule has 1 heterocycles. The van der Waals surface area contributed by atoms with Crippen LogP contribution in [0.25, 0.3) is 0 Å². The summed E-state index contributed by atoms with van der Waals surface area (Å²) < 4.78 is 0. The van der Waals surface area contributed by atoms with E-state index in [2.05, 4.69) is 10.6 Å². The lowest BCUT2D eigenvalue weighted by molar-refractivity contribution is -0.117. The van der Waals surface area contributed by atoms with Gasteiger partial charge in [-0.05, 0) is 6.42 Å². The Morgan fingerprint density at radius 1 is 1.36 bits per heavy atom. The zero-order valence-electron chi connectivity index (χ0n) is 6.14. The maximum absolute atomic E-state index is 10.9. The number of nitrogens with one attached hydrogen (secondary N) is 2. The van der Waals surface area contributed by atoms with Gasteiger partial charge in [-0.1, -0.05) is 0 Å². The maximum atomic E-state index is 10.9. The quantitative estimate of drug-likeness (QED) is 0.507. The van der Waals surface area contributed by atoms with E-state index in [0.717, 1.165) is 6.42 Å². The fraction of sp³-hybridized carbons (Fsp3) is 0.714. The van der Waals surface area contributed by atoms with Crippen molar-refractivity contribution in [2.75, 3.05) is 6.54 Å². The molecule has 0 aromatic heterocycles. The summed E-state index contributed by atoms with van der Waals surface area (Å²) in [4.78, 5) is 21.7. The molecule has 1 unspecified atom stereocenters.